The molecule has 0 unspecified atom stereocenters. The van der Waals surface area contributed by atoms with E-state index in [1.165, 1.54) is 42.9 Å². The lowest BCUT2D eigenvalue weighted by atomic mass is 9.95. The third-order valence-corrected chi connectivity index (χ3v) is 7.64. The predicted octanol–water partition coefficient (Wildman–Crippen LogP) is 3.49. The number of fused-ring (bicyclic) bond motifs is 1. The van der Waals surface area contributed by atoms with Crippen LogP contribution in [0.5, 0.6) is 0 Å². The number of nitrogens with one attached hydrogen (secondary N) is 2. The highest BCUT2D eigenvalue weighted by Crippen LogP contribution is 2.36. The van der Waals surface area contributed by atoms with Crippen LogP contribution in [0.15, 0.2) is 36.8 Å². The number of carbonyl (C=O) groups excluding carboxylic acids is 1. The molecule has 188 valence electrons. The summed E-state index contributed by atoms with van der Waals surface area (Å²) in [6.45, 7) is 8.58. The topological polar surface area (TPSA) is 91.2 Å². The van der Waals surface area contributed by atoms with E-state index in [1.807, 2.05) is 0 Å². The monoisotopic (exact) mass is 486 g/mol. The molecule has 3 aliphatic heterocycles. The van der Waals surface area contributed by atoms with E-state index in [4.69, 9.17) is 4.98 Å². The summed E-state index contributed by atoms with van der Waals surface area (Å²) in [5, 5.41) is 6.04. The highest BCUT2D eigenvalue weighted by molar-refractivity contribution is 6.02. The molecule has 2 fully saturated rings. The minimum atomic E-state index is -0.0582. The van der Waals surface area contributed by atoms with Crippen molar-refractivity contribution < 1.29 is 4.79 Å². The summed E-state index contributed by atoms with van der Waals surface area (Å²) in [6, 6.07) is 8.63. The molecule has 0 radical (unpaired) electrons. The van der Waals surface area contributed by atoms with E-state index in [1.54, 1.807) is 6.33 Å². The standard InChI is InChI=1S/C27H34N8O/c1-19-5-4-6-21(15-19)22-17-35(14-13-33-9-2-3-10-33)26(31-22)20-7-11-34(12-8-20)27-24-25(29-18-30-27)28-16-23(36)32-24/h4-6,15,17-18,20H,2-3,7-14,16H2,1H3,(H,32,36)(H,28,29,30). The Bertz CT molecular complexity index is 1240. The average molecular weight is 487 g/mol. The number of amides is 1. The van der Waals surface area contributed by atoms with Crippen molar-refractivity contribution in [2.24, 2.45) is 0 Å². The summed E-state index contributed by atoms with van der Waals surface area (Å²) in [4.78, 5) is 30.8. The molecule has 2 saturated heterocycles. The molecule has 9 heteroatoms. The smallest absolute Gasteiger partial charge is 0.243 e. The Hall–Kier alpha value is -3.46. The fourth-order valence-electron chi connectivity index (χ4n) is 5.70. The molecule has 0 atom stereocenters. The minimum absolute atomic E-state index is 0.0582. The summed E-state index contributed by atoms with van der Waals surface area (Å²) >= 11 is 0. The molecule has 3 aliphatic rings. The van der Waals surface area contributed by atoms with Gasteiger partial charge in [0.05, 0.1) is 12.2 Å². The lowest BCUT2D eigenvalue weighted by Gasteiger charge is -2.34. The van der Waals surface area contributed by atoms with Gasteiger partial charge in [0.15, 0.2) is 11.6 Å². The van der Waals surface area contributed by atoms with Crippen LogP contribution in [0.3, 0.4) is 0 Å². The van der Waals surface area contributed by atoms with Gasteiger partial charge in [-0.25, -0.2) is 15.0 Å². The Morgan fingerprint density at radius 1 is 1.06 bits per heavy atom. The summed E-state index contributed by atoms with van der Waals surface area (Å²) in [7, 11) is 0. The van der Waals surface area contributed by atoms with Gasteiger partial charge in [0, 0.05) is 43.9 Å². The van der Waals surface area contributed by atoms with Gasteiger partial charge in [0.25, 0.3) is 0 Å². The van der Waals surface area contributed by atoms with Gasteiger partial charge in [-0.1, -0.05) is 23.8 Å². The first-order valence-electron chi connectivity index (χ1n) is 13.1. The Labute approximate surface area is 211 Å². The first kappa shape index (κ1) is 23.0. The molecule has 36 heavy (non-hydrogen) atoms. The zero-order valence-corrected chi connectivity index (χ0v) is 20.9. The first-order valence-corrected chi connectivity index (χ1v) is 13.1. The zero-order valence-electron chi connectivity index (χ0n) is 20.9. The quantitative estimate of drug-likeness (QED) is 0.551. The van der Waals surface area contributed by atoms with E-state index < -0.39 is 0 Å². The number of aromatic nitrogens is 4. The predicted molar refractivity (Wildman–Crippen MR) is 141 cm³/mol. The fraction of sp³-hybridized carbons (Fsp3) is 0.481. The molecule has 0 spiro atoms. The minimum Gasteiger partial charge on any atom is -0.359 e. The molecule has 1 amide bonds. The van der Waals surface area contributed by atoms with Crippen LogP contribution >= 0.6 is 0 Å². The molecule has 0 saturated carbocycles. The number of anilines is 3. The second-order valence-electron chi connectivity index (χ2n) is 10.2. The number of benzene rings is 1. The second kappa shape index (κ2) is 9.89. The van der Waals surface area contributed by atoms with Crippen LogP contribution in [0.4, 0.5) is 17.3 Å². The number of likely N-dealkylation sites (tertiary alicyclic amines) is 1. The first-order chi connectivity index (χ1) is 17.6. The number of hydrogen-bond donors (Lipinski definition) is 2. The normalized spacial score (nSPS) is 18.7. The van der Waals surface area contributed by atoms with E-state index in [2.05, 4.69) is 72.4 Å². The Morgan fingerprint density at radius 3 is 2.69 bits per heavy atom. The molecular formula is C27H34N8O. The number of imidazole rings is 1. The fourth-order valence-corrected chi connectivity index (χ4v) is 5.70. The van der Waals surface area contributed by atoms with Crippen molar-refractivity contribution >= 4 is 23.2 Å². The van der Waals surface area contributed by atoms with Gasteiger partial charge in [-0.05, 0) is 51.8 Å². The van der Waals surface area contributed by atoms with Crippen LogP contribution in [-0.4, -0.2) is 69.6 Å². The number of carbonyl (C=O) groups is 1. The molecule has 2 N–H and O–H groups in total. The van der Waals surface area contributed by atoms with Crippen molar-refractivity contribution in [1.82, 2.24) is 24.4 Å². The summed E-state index contributed by atoms with van der Waals surface area (Å²) < 4.78 is 2.41. The van der Waals surface area contributed by atoms with Crippen molar-refractivity contribution in [2.75, 3.05) is 54.8 Å². The number of aryl methyl sites for hydroxylation is 1. The largest absolute Gasteiger partial charge is 0.359 e. The summed E-state index contributed by atoms with van der Waals surface area (Å²) in [5.41, 5.74) is 4.20. The van der Waals surface area contributed by atoms with E-state index in [9.17, 15) is 4.79 Å². The second-order valence-corrected chi connectivity index (χ2v) is 10.2. The van der Waals surface area contributed by atoms with Crippen LogP contribution < -0.4 is 15.5 Å². The van der Waals surface area contributed by atoms with Crippen LogP contribution in [-0.2, 0) is 11.3 Å². The van der Waals surface area contributed by atoms with E-state index in [0.717, 1.165) is 50.5 Å². The van der Waals surface area contributed by atoms with Crippen LogP contribution in [0.2, 0.25) is 0 Å². The maximum Gasteiger partial charge on any atom is 0.243 e. The van der Waals surface area contributed by atoms with Crippen LogP contribution in [0, 0.1) is 6.92 Å². The maximum atomic E-state index is 12.0. The molecule has 1 aromatic carbocycles. The third-order valence-electron chi connectivity index (χ3n) is 7.64. The zero-order chi connectivity index (χ0) is 24.5. The SMILES string of the molecule is Cc1cccc(-c2cn(CCN3CCCC3)c(C3CCN(c4ncnc5c4NC(=O)CN5)CC3)n2)c1. The lowest BCUT2D eigenvalue weighted by molar-refractivity contribution is -0.114. The highest BCUT2D eigenvalue weighted by atomic mass is 16.2. The van der Waals surface area contributed by atoms with Gasteiger partial charge in [0.1, 0.15) is 17.8 Å². The van der Waals surface area contributed by atoms with Gasteiger partial charge >= 0.3 is 0 Å². The number of nitrogens with zero attached hydrogens (tertiary/aromatic N) is 6. The Balaban J connectivity index is 1.22. The highest BCUT2D eigenvalue weighted by Gasteiger charge is 2.29. The Morgan fingerprint density at radius 2 is 1.89 bits per heavy atom. The van der Waals surface area contributed by atoms with Crippen LogP contribution in [0.25, 0.3) is 11.3 Å². The van der Waals surface area contributed by atoms with Gasteiger partial charge in [0.2, 0.25) is 5.91 Å². The van der Waals surface area contributed by atoms with Crippen LogP contribution in [0.1, 0.15) is 43.0 Å². The van der Waals surface area contributed by atoms with Crippen molar-refractivity contribution in [3.05, 3.63) is 48.2 Å². The average Bonchev–Trinajstić information content (AvgIpc) is 3.57. The van der Waals surface area contributed by atoms with Crippen molar-refractivity contribution in [3.63, 3.8) is 0 Å². The van der Waals surface area contributed by atoms with Crippen molar-refractivity contribution in [3.8, 4) is 11.3 Å². The van der Waals surface area contributed by atoms with Gasteiger partial charge in [-0.2, -0.15) is 0 Å². The van der Waals surface area contributed by atoms with Crippen molar-refractivity contribution in [1.29, 1.82) is 0 Å². The molecule has 3 aromatic rings. The van der Waals surface area contributed by atoms with E-state index in [-0.39, 0.29) is 12.5 Å². The lowest BCUT2D eigenvalue weighted by Crippen LogP contribution is -2.37. The van der Waals surface area contributed by atoms with Crippen molar-refractivity contribution in [2.45, 2.75) is 45.1 Å². The molecule has 0 aliphatic carbocycles. The molecular weight excluding hydrogens is 452 g/mol. The van der Waals surface area contributed by atoms with Gasteiger partial charge in [-0.3, -0.25) is 4.79 Å². The number of rotatable bonds is 6. The van der Waals surface area contributed by atoms with Gasteiger partial charge < -0.3 is 25.0 Å². The van der Waals surface area contributed by atoms with E-state index in [0.29, 0.717) is 17.4 Å². The number of piperidine rings is 1. The summed E-state index contributed by atoms with van der Waals surface area (Å²) in [6.07, 6.45) is 8.44. The number of hydrogen-bond acceptors (Lipinski definition) is 7. The maximum absolute atomic E-state index is 12.0. The molecule has 5 heterocycles. The van der Waals surface area contributed by atoms with Gasteiger partial charge in [-0.15, -0.1) is 0 Å². The molecule has 9 nitrogen and oxygen atoms in total. The molecule has 0 bridgehead atoms. The third kappa shape index (κ3) is 4.67. The Kier molecular flexibility index (Phi) is 6.31. The molecule has 2 aromatic heterocycles. The van der Waals surface area contributed by atoms with E-state index >= 15 is 0 Å². The summed E-state index contributed by atoms with van der Waals surface area (Å²) in [5.74, 6) is 3.03. The molecule has 6 rings (SSSR count).